The van der Waals surface area contributed by atoms with Crippen LogP contribution >= 0.6 is 11.6 Å². The molecule has 2 rings (SSSR count). The van der Waals surface area contributed by atoms with E-state index in [4.69, 9.17) is 11.6 Å². The van der Waals surface area contributed by atoms with Crippen LogP contribution in [-0.4, -0.2) is 11.8 Å². The van der Waals surface area contributed by atoms with Crippen LogP contribution in [0.1, 0.15) is 38.3 Å². The van der Waals surface area contributed by atoms with Crippen LogP contribution in [0.4, 0.5) is 11.4 Å². The van der Waals surface area contributed by atoms with E-state index in [-0.39, 0.29) is 23.7 Å². The number of carbonyl (C=O) groups is 2. The minimum Gasteiger partial charge on any atom is -0.326 e. The van der Waals surface area contributed by atoms with E-state index in [2.05, 4.69) is 31.4 Å². The molecule has 2 N–H and O–H groups in total. The number of amides is 2. The Morgan fingerprint density at radius 2 is 1.44 bits per heavy atom. The summed E-state index contributed by atoms with van der Waals surface area (Å²) in [5.74, 6) is -0.747. The number of benzene rings is 2. The molecule has 0 unspecified atom stereocenters. The molecule has 0 spiro atoms. The average molecular weight is 359 g/mol. The molecular weight excluding hydrogens is 336 g/mol. The van der Waals surface area contributed by atoms with Gasteiger partial charge in [0.1, 0.15) is 6.42 Å². The first-order valence-corrected chi connectivity index (χ1v) is 8.49. The second-order valence-corrected chi connectivity index (χ2v) is 7.47. The summed E-state index contributed by atoms with van der Waals surface area (Å²) in [4.78, 5) is 24.0. The maximum atomic E-state index is 12.0. The highest BCUT2D eigenvalue weighted by Gasteiger charge is 2.14. The van der Waals surface area contributed by atoms with Crippen LogP contribution < -0.4 is 10.6 Å². The summed E-state index contributed by atoms with van der Waals surface area (Å²) >= 11 is 6.02. The van der Waals surface area contributed by atoms with Gasteiger partial charge in [0.15, 0.2) is 0 Å². The Kier molecular flexibility index (Phi) is 5.85. The van der Waals surface area contributed by atoms with Gasteiger partial charge in [-0.3, -0.25) is 9.59 Å². The monoisotopic (exact) mass is 358 g/mol. The van der Waals surface area contributed by atoms with Crippen molar-refractivity contribution in [3.8, 4) is 0 Å². The van der Waals surface area contributed by atoms with Crippen molar-refractivity contribution < 1.29 is 9.59 Å². The molecule has 2 aromatic carbocycles. The first-order valence-electron chi connectivity index (χ1n) is 8.11. The number of hydrogen-bond acceptors (Lipinski definition) is 2. The summed E-state index contributed by atoms with van der Waals surface area (Å²) in [5.41, 5.74) is 3.40. The van der Waals surface area contributed by atoms with E-state index in [1.807, 2.05) is 37.3 Å². The van der Waals surface area contributed by atoms with Crippen molar-refractivity contribution in [1.82, 2.24) is 0 Å². The zero-order chi connectivity index (χ0) is 18.6. The molecule has 0 radical (unpaired) electrons. The topological polar surface area (TPSA) is 58.2 Å². The summed E-state index contributed by atoms with van der Waals surface area (Å²) in [6, 6.07) is 12.9. The molecule has 2 aromatic rings. The number of hydrogen-bond donors (Lipinski definition) is 2. The third-order valence-corrected chi connectivity index (χ3v) is 4.22. The smallest absolute Gasteiger partial charge is 0.233 e. The van der Waals surface area contributed by atoms with Crippen molar-refractivity contribution in [2.45, 2.75) is 39.5 Å². The van der Waals surface area contributed by atoms with E-state index in [0.29, 0.717) is 16.4 Å². The molecule has 0 heterocycles. The number of aryl methyl sites for hydroxylation is 1. The van der Waals surface area contributed by atoms with Crippen molar-refractivity contribution in [3.63, 3.8) is 0 Å². The molecule has 0 saturated carbocycles. The Morgan fingerprint density at radius 3 is 1.96 bits per heavy atom. The van der Waals surface area contributed by atoms with E-state index in [9.17, 15) is 9.59 Å². The van der Waals surface area contributed by atoms with E-state index >= 15 is 0 Å². The zero-order valence-electron chi connectivity index (χ0n) is 14.9. The van der Waals surface area contributed by atoms with Gasteiger partial charge in [0.2, 0.25) is 11.8 Å². The summed E-state index contributed by atoms with van der Waals surface area (Å²) in [6.07, 6.45) is -0.257. The fraction of sp³-hybridized carbons (Fsp3) is 0.300. The fourth-order valence-corrected chi connectivity index (χ4v) is 2.46. The summed E-state index contributed by atoms with van der Waals surface area (Å²) in [5, 5.41) is 5.97. The third-order valence-electron chi connectivity index (χ3n) is 3.81. The SMILES string of the molecule is Cc1ccc(NC(=O)CC(=O)Nc2ccc(C(C)(C)C)cc2)cc1Cl. The van der Waals surface area contributed by atoms with Gasteiger partial charge in [0, 0.05) is 16.4 Å². The molecule has 4 nitrogen and oxygen atoms in total. The van der Waals surface area contributed by atoms with Gasteiger partial charge in [-0.15, -0.1) is 0 Å². The van der Waals surface area contributed by atoms with Crippen molar-refractivity contribution in [1.29, 1.82) is 0 Å². The van der Waals surface area contributed by atoms with Crippen molar-refractivity contribution in [2.24, 2.45) is 0 Å². The predicted octanol–water partition coefficient (Wildman–Crippen LogP) is 4.91. The lowest BCUT2D eigenvalue weighted by atomic mass is 9.87. The normalized spacial score (nSPS) is 11.1. The van der Waals surface area contributed by atoms with Crippen LogP contribution in [-0.2, 0) is 15.0 Å². The lowest BCUT2D eigenvalue weighted by Crippen LogP contribution is -2.21. The quantitative estimate of drug-likeness (QED) is 0.762. The molecule has 0 aliphatic rings. The minimum absolute atomic E-state index is 0.0533. The summed E-state index contributed by atoms with van der Waals surface area (Å²) in [6.45, 7) is 8.26. The van der Waals surface area contributed by atoms with E-state index in [0.717, 1.165) is 5.56 Å². The van der Waals surface area contributed by atoms with E-state index in [1.165, 1.54) is 5.56 Å². The molecule has 0 fully saturated rings. The average Bonchev–Trinajstić information content (AvgIpc) is 2.50. The molecular formula is C20H23ClN2O2. The van der Waals surface area contributed by atoms with Gasteiger partial charge >= 0.3 is 0 Å². The van der Waals surface area contributed by atoms with Crippen LogP contribution in [0.2, 0.25) is 5.02 Å². The lowest BCUT2D eigenvalue weighted by molar-refractivity contribution is -0.123. The molecule has 0 aliphatic heterocycles. The Balaban J connectivity index is 1.91. The van der Waals surface area contributed by atoms with Crippen LogP contribution in [0.3, 0.4) is 0 Å². The molecule has 25 heavy (non-hydrogen) atoms. The van der Waals surface area contributed by atoms with Gasteiger partial charge in [-0.2, -0.15) is 0 Å². The maximum Gasteiger partial charge on any atom is 0.233 e. The Bertz CT molecular complexity index is 777. The molecule has 0 bridgehead atoms. The molecule has 0 atom stereocenters. The number of nitrogens with one attached hydrogen (secondary N) is 2. The Hall–Kier alpha value is -2.33. The van der Waals surface area contributed by atoms with Gasteiger partial charge in [0.05, 0.1) is 0 Å². The van der Waals surface area contributed by atoms with Crippen molar-refractivity contribution in [2.75, 3.05) is 10.6 Å². The number of anilines is 2. The van der Waals surface area contributed by atoms with Crippen LogP contribution in [0.5, 0.6) is 0 Å². The number of halogens is 1. The first-order chi connectivity index (χ1) is 11.6. The Morgan fingerprint density at radius 1 is 0.920 bits per heavy atom. The first kappa shape index (κ1) is 19.0. The highest BCUT2D eigenvalue weighted by atomic mass is 35.5. The van der Waals surface area contributed by atoms with Crippen molar-refractivity contribution >= 4 is 34.8 Å². The highest BCUT2D eigenvalue weighted by molar-refractivity contribution is 6.31. The molecule has 0 aromatic heterocycles. The standard InChI is InChI=1S/C20H23ClN2O2/c1-13-5-8-16(11-17(13)21)23-19(25)12-18(24)22-15-9-6-14(7-10-15)20(2,3)4/h5-11H,12H2,1-4H3,(H,22,24)(H,23,25). The predicted molar refractivity (Wildman–Crippen MR) is 103 cm³/mol. The van der Waals surface area contributed by atoms with Gasteiger partial charge in [-0.05, 0) is 47.7 Å². The van der Waals surface area contributed by atoms with Gasteiger partial charge in [-0.1, -0.05) is 50.6 Å². The van der Waals surface area contributed by atoms with Crippen LogP contribution in [0.25, 0.3) is 0 Å². The summed E-state index contributed by atoms with van der Waals surface area (Å²) in [7, 11) is 0. The largest absolute Gasteiger partial charge is 0.326 e. The van der Waals surface area contributed by atoms with Crippen LogP contribution in [0, 0.1) is 6.92 Å². The molecule has 0 aliphatic carbocycles. The van der Waals surface area contributed by atoms with Gasteiger partial charge < -0.3 is 10.6 Å². The van der Waals surface area contributed by atoms with Crippen LogP contribution in [0.15, 0.2) is 42.5 Å². The molecule has 0 saturated heterocycles. The number of rotatable bonds is 4. The van der Waals surface area contributed by atoms with Crippen molar-refractivity contribution in [3.05, 3.63) is 58.6 Å². The lowest BCUT2D eigenvalue weighted by Gasteiger charge is -2.19. The zero-order valence-corrected chi connectivity index (χ0v) is 15.7. The maximum absolute atomic E-state index is 12.0. The third kappa shape index (κ3) is 5.61. The molecule has 2 amide bonds. The molecule has 132 valence electrons. The minimum atomic E-state index is -0.385. The number of carbonyl (C=O) groups excluding carboxylic acids is 2. The van der Waals surface area contributed by atoms with E-state index < -0.39 is 0 Å². The Labute approximate surface area is 153 Å². The van der Waals surface area contributed by atoms with Gasteiger partial charge in [0.25, 0.3) is 0 Å². The summed E-state index contributed by atoms with van der Waals surface area (Å²) < 4.78 is 0. The second kappa shape index (κ2) is 7.70. The van der Waals surface area contributed by atoms with Gasteiger partial charge in [-0.25, -0.2) is 0 Å². The fourth-order valence-electron chi connectivity index (χ4n) is 2.28. The molecule has 5 heteroatoms. The highest BCUT2D eigenvalue weighted by Crippen LogP contribution is 2.23. The second-order valence-electron chi connectivity index (χ2n) is 7.06. The van der Waals surface area contributed by atoms with E-state index in [1.54, 1.807) is 12.1 Å².